The molecule has 1 amide bonds. The van der Waals surface area contributed by atoms with E-state index in [1.807, 2.05) is 9.47 Å². The van der Waals surface area contributed by atoms with Gasteiger partial charge in [-0.15, -0.1) is 0 Å². The number of aliphatic hydroxyl groups is 3. The lowest BCUT2D eigenvalue weighted by Crippen LogP contribution is -2.47. The van der Waals surface area contributed by atoms with Crippen molar-refractivity contribution in [3.8, 4) is 17.2 Å². The number of nitrogens with one attached hydrogen (secondary N) is 1. The molecular formula is C62H68FN5O16. The van der Waals surface area contributed by atoms with E-state index in [0.29, 0.717) is 11.2 Å². The van der Waals surface area contributed by atoms with Gasteiger partial charge < -0.3 is 68.2 Å². The molecule has 2 fully saturated rings. The lowest BCUT2D eigenvalue weighted by Gasteiger charge is -2.38. The minimum absolute atomic E-state index is 0.00121. The Morgan fingerprint density at radius 2 is 1.56 bits per heavy atom. The van der Waals surface area contributed by atoms with Crippen molar-refractivity contribution < 1.29 is 67.3 Å². The zero-order chi connectivity index (χ0) is 60.7. The van der Waals surface area contributed by atoms with Crippen LogP contribution in [0.4, 0.5) is 21.5 Å². The lowest BCUT2D eigenvalue weighted by molar-refractivity contribution is -0.160. The summed E-state index contributed by atoms with van der Waals surface area (Å²) in [6.07, 6.45) is 6.37. The van der Waals surface area contributed by atoms with Gasteiger partial charge in [0.2, 0.25) is 10.9 Å². The molecule has 9 atom stereocenters. The minimum Gasteiger partial charge on any atom is -0.507 e. The summed E-state index contributed by atoms with van der Waals surface area (Å²) < 4.78 is 54.8. The van der Waals surface area contributed by atoms with Gasteiger partial charge in [-0.2, -0.15) is 0 Å². The average Bonchev–Trinajstić information content (AvgIpc) is 1.42. The minimum atomic E-state index is -2.06. The van der Waals surface area contributed by atoms with E-state index < -0.39 is 116 Å². The Morgan fingerprint density at radius 1 is 0.869 bits per heavy atom. The summed E-state index contributed by atoms with van der Waals surface area (Å²) >= 11 is 0. The zero-order valence-corrected chi connectivity index (χ0v) is 48.5. The molecule has 6 aromatic rings. The number of aliphatic hydroxyl groups excluding tert-OH is 3. The van der Waals surface area contributed by atoms with E-state index in [0.717, 1.165) is 18.9 Å². The van der Waals surface area contributed by atoms with Crippen molar-refractivity contribution in [2.75, 3.05) is 55.5 Å². The summed E-state index contributed by atoms with van der Waals surface area (Å²) in [5.41, 5.74) is -2.56. The van der Waals surface area contributed by atoms with Gasteiger partial charge in [0.15, 0.2) is 45.2 Å². The SMILES string of the molecule is COc1c(N2CCN(c3cc(=O)c4nc5c(oc4c3)c3c(=O)c4c(O)c(C)c6c(c45)=C(O)[C@@](C)(O/C=C/[C@H](OC)[C@@H](C)[C@@H](OC(C)=O)[C@H](C)[C@H](O)[C@H](C)[C@@H](O)[C@@H](C)/C=C/C=C(/C)C(=O)N3)O6)CC2)c(F)cc2c(=O)c(C(C)=O)cn(C3CC3)c12. The summed E-state index contributed by atoms with van der Waals surface area (Å²) in [6, 6.07) is 4.06. The number of esters is 1. The topological polar surface area (TPSA) is 279 Å². The third kappa shape index (κ3) is 10.1. The van der Waals surface area contributed by atoms with Gasteiger partial charge >= 0.3 is 11.8 Å². The number of phenols is 1. The molecule has 10 rings (SSSR count). The number of Topliss-reactive ketones (excluding diaryl/α,β-unsaturated/α-hetero) is 1. The molecule has 4 aliphatic rings. The molecule has 444 valence electrons. The molecule has 5 heterocycles. The number of carbonyl (C=O) groups excluding carboxylic acids is 3. The van der Waals surface area contributed by atoms with Crippen LogP contribution in [-0.2, 0) is 23.8 Å². The van der Waals surface area contributed by atoms with Crippen molar-refractivity contribution >= 4 is 84.4 Å². The zero-order valence-electron chi connectivity index (χ0n) is 48.5. The van der Waals surface area contributed by atoms with Crippen LogP contribution in [0.1, 0.15) is 90.2 Å². The number of aromatic nitrogens is 2. The van der Waals surface area contributed by atoms with Gasteiger partial charge in [-0.25, -0.2) is 9.37 Å². The van der Waals surface area contributed by atoms with Crippen molar-refractivity contribution in [2.45, 2.75) is 111 Å². The second-order valence-electron chi connectivity index (χ2n) is 22.7. The summed E-state index contributed by atoms with van der Waals surface area (Å²) in [7, 11) is 2.82. The quantitative estimate of drug-likeness (QED) is 0.0471. The highest BCUT2D eigenvalue weighted by atomic mass is 19.1. The molecular weight excluding hydrogens is 1090 g/mol. The number of aromatic hydroxyl groups is 1. The van der Waals surface area contributed by atoms with Crippen molar-refractivity contribution in [1.82, 2.24) is 9.55 Å². The number of hydrogen-bond acceptors (Lipinski definition) is 19. The van der Waals surface area contributed by atoms with Crippen LogP contribution >= 0.6 is 0 Å². The highest BCUT2D eigenvalue weighted by Crippen LogP contribution is 2.46. The number of carbonyl (C=O) groups is 3. The Bertz CT molecular complexity index is 4090. The van der Waals surface area contributed by atoms with Gasteiger partial charge in [0.05, 0.1) is 58.8 Å². The van der Waals surface area contributed by atoms with Crippen LogP contribution in [0.2, 0.25) is 0 Å². The van der Waals surface area contributed by atoms with Gasteiger partial charge in [0.25, 0.3) is 5.91 Å². The number of benzene rings is 4. The smallest absolute Gasteiger partial charge is 0.307 e. The van der Waals surface area contributed by atoms with E-state index in [2.05, 4.69) is 5.32 Å². The molecule has 0 unspecified atom stereocenters. The summed E-state index contributed by atoms with van der Waals surface area (Å²) in [5.74, 6) is -8.45. The number of fused-ring (bicyclic) bond motifs is 6. The van der Waals surface area contributed by atoms with Crippen molar-refractivity contribution in [2.24, 2.45) is 23.7 Å². The highest BCUT2D eigenvalue weighted by Gasteiger charge is 2.45. The molecule has 5 bridgehead atoms. The maximum Gasteiger partial charge on any atom is 0.307 e. The molecule has 21 nitrogen and oxygen atoms in total. The first-order valence-corrected chi connectivity index (χ1v) is 27.9. The fourth-order valence-corrected chi connectivity index (χ4v) is 12.1. The summed E-state index contributed by atoms with van der Waals surface area (Å²) in [6.45, 7) is 14.6. The molecule has 84 heavy (non-hydrogen) atoms. The number of piperazine rings is 1. The lowest BCUT2D eigenvalue weighted by atomic mass is 9.78. The van der Waals surface area contributed by atoms with Crippen LogP contribution < -0.4 is 46.1 Å². The van der Waals surface area contributed by atoms with Crippen LogP contribution in [0.15, 0.2) is 79.3 Å². The van der Waals surface area contributed by atoms with Crippen molar-refractivity contribution in [3.63, 3.8) is 0 Å². The van der Waals surface area contributed by atoms with E-state index in [-0.39, 0.29) is 104 Å². The number of nitrogens with zero attached hydrogens (tertiary/aromatic N) is 4. The number of pyridine rings is 1. The number of anilines is 3. The number of rotatable bonds is 7. The van der Waals surface area contributed by atoms with Crippen LogP contribution in [0, 0.1) is 36.4 Å². The normalized spacial score (nSPS) is 26.7. The van der Waals surface area contributed by atoms with Gasteiger partial charge in [-0.05, 0) is 45.8 Å². The van der Waals surface area contributed by atoms with E-state index in [9.17, 15) is 44.4 Å². The monoisotopic (exact) mass is 1160 g/mol. The van der Waals surface area contributed by atoms with Gasteiger partial charge in [-0.3, -0.25) is 28.8 Å². The van der Waals surface area contributed by atoms with Crippen LogP contribution in [0.25, 0.3) is 49.6 Å². The first-order valence-electron chi connectivity index (χ1n) is 27.9. The molecule has 22 heteroatoms. The number of allylic oxidation sites excluding steroid dienone is 2. The Balaban J connectivity index is 1.09. The maximum absolute atomic E-state index is 16.4. The predicted octanol–water partition coefficient (Wildman–Crippen LogP) is 6.89. The van der Waals surface area contributed by atoms with E-state index in [4.69, 9.17) is 33.1 Å². The van der Waals surface area contributed by atoms with Crippen molar-refractivity contribution in [1.29, 1.82) is 0 Å². The van der Waals surface area contributed by atoms with Crippen molar-refractivity contribution in [3.05, 3.63) is 113 Å². The second kappa shape index (κ2) is 22.3. The highest BCUT2D eigenvalue weighted by molar-refractivity contribution is 6.17. The predicted molar refractivity (Wildman–Crippen MR) is 312 cm³/mol. The second-order valence-corrected chi connectivity index (χ2v) is 22.7. The number of phenolic OH excluding ortho intramolecular Hbond substituents is 1. The molecule has 0 spiro atoms. The first kappa shape index (κ1) is 58.8. The first-order chi connectivity index (χ1) is 39.8. The fourth-order valence-electron chi connectivity index (χ4n) is 12.1. The van der Waals surface area contributed by atoms with Crippen LogP contribution in [-0.4, -0.2) is 118 Å². The van der Waals surface area contributed by atoms with Crippen LogP contribution in [0.3, 0.4) is 0 Å². The number of ether oxygens (including phenoxy) is 5. The molecule has 2 aromatic heterocycles. The van der Waals surface area contributed by atoms with Crippen LogP contribution in [0.5, 0.6) is 17.2 Å². The Labute approximate surface area is 480 Å². The molecule has 5 N–H and O–H groups in total. The molecule has 4 aromatic carbocycles. The Hall–Kier alpha value is -8.34. The van der Waals surface area contributed by atoms with E-state index in [1.54, 1.807) is 50.8 Å². The van der Waals surface area contributed by atoms with E-state index >= 15 is 9.18 Å². The third-order valence-corrected chi connectivity index (χ3v) is 17.1. The van der Waals surface area contributed by atoms with Gasteiger partial charge in [-0.1, -0.05) is 45.9 Å². The number of hydrogen-bond donors (Lipinski definition) is 5. The average molecular weight is 1160 g/mol. The van der Waals surface area contributed by atoms with Gasteiger partial charge in [0, 0.05) is 117 Å². The molecule has 1 aliphatic carbocycles. The summed E-state index contributed by atoms with van der Waals surface area (Å²) in [4.78, 5) is 90.9. The van der Waals surface area contributed by atoms with Gasteiger partial charge in [0.1, 0.15) is 34.5 Å². The Kier molecular flexibility index (Phi) is 15.6. The number of amides is 1. The largest absolute Gasteiger partial charge is 0.507 e. The Morgan fingerprint density at radius 3 is 2.20 bits per heavy atom. The molecule has 1 saturated carbocycles. The maximum atomic E-state index is 16.4. The summed E-state index contributed by atoms with van der Waals surface area (Å²) in [5, 5.41) is 49.5. The number of ketones is 1. The third-order valence-electron chi connectivity index (χ3n) is 17.1. The molecule has 0 radical (unpaired) electrons. The standard InChI is InChI=1S/C62H68FN5O16/c1-27-13-12-14-28(2)61(78)65-48-55(76)44-43(45-57(32(6)53(44)74)84-62(9,60(45)77)81-22-17-41(79-10)29(3)56(82-34(8)70)31(5)52(73)30(4)51(27)72)47-58(48)83-42-24-36(23-40(71)46(42)64-47)66-18-20-67(21-19-66)50-39(63)25-37-49(59(50)80-11)68(35-15-16-35)26-38(33(7)69)54(37)75/h12-14,17,22-27,29-31,35,41,51-52,56,72-74,77H,15-16,18-21H2,1-11H3,(H,65,78)/b13-12+,22-17+,28-14-/t27-,29+,30+,31+,41-,51-,52+,56+,62-/m0/s1. The van der Waals surface area contributed by atoms with E-state index in [1.165, 1.54) is 79.5 Å². The molecule has 3 aliphatic heterocycles. The fraction of sp³-hybridized carbons (Fsp3) is 0.435. The molecule has 1 saturated heterocycles. The number of methoxy groups -OCH3 is 2. The number of halogens is 1.